The van der Waals surface area contributed by atoms with Crippen molar-refractivity contribution in [3.8, 4) is 0 Å². The Morgan fingerprint density at radius 3 is 2.53 bits per heavy atom. The van der Waals surface area contributed by atoms with Crippen molar-refractivity contribution in [3.05, 3.63) is 63.2 Å². The van der Waals surface area contributed by atoms with E-state index < -0.39 is 16.6 Å². The number of anilines is 2. The summed E-state index contributed by atoms with van der Waals surface area (Å²) >= 11 is 5.73. The zero-order chi connectivity index (χ0) is 14.0. The van der Waals surface area contributed by atoms with E-state index >= 15 is 0 Å². The number of nitro benzene ring substituents is 1. The number of hydrogen-bond acceptors (Lipinski definition) is 3. The minimum absolute atomic E-state index is 0.00188. The van der Waals surface area contributed by atoms with Gasteiger partial charge in [-0.25, -0.2) is 8.78 Å². The van der Waals surface area contributed by atoms with Crippen LogP contribution in [0.15, 0.2) is 36.4 Å². The number of rotatable bonds is 3. The quantitative estimate of drug-likeness (QED) is 0.676. The van der Waals surface area contributed by atoms with Crippen LogP contribution < -0.4 is 5.32 Å². The van der Waals surface area contributed by atoms with Gasteiger partial charge in [0.1, 0.15) is 11.6 Å². The molecule has 0 radical (unpaired) electrons. The molecule has 1 N–H and O–H groups in total. The molecule has 19 heavy (non-hydrogen) atoms. The molecule has 0 saturated carbocycles. The maximum absolute atomic E-state index is 13.4. The van der Waals surface area contributed by atoms with E-state index in [0.29, 0.717) is 6.07 Å². The second-order valence-corrected chi connectivity index (χ2v) is 4.14. The summed E-state index contributed by atoms with van der Waals surface area (Å²) in [7, 11) is 0. The van der Waals surface area contributed by atoms with Gasteiger partial charge in [-0.15, -0.1) is 0 Å². The molecule has 4 nitrogen and oxygen atoms in total. The summed E-state index contributed by atoms with van der Waals surface area (Å²) in [6, 6.07) is 6.75. The predicted molar refractivity (Wildman–Crippen MR) is 67.7 cm³/mol. The minimum Gasteiger partial charge on any atom is -0.353 e. The molecule has 0 atom stereocenters. The maximum Gasteiger partial charge on any atom is 0.272 e. The molecule has 0 saturated heterocycles. The smallest absolute Gasteiger partial charge is 0.272 e. The lowest BCUT2D eigenvalue weighted by Gasteiger charge is -2.08. The van der Waals surface area contributed by atoms with E-state index in [1.807, 2.05) is 0 Å². The lowest BCUT2D eigenvalue weighted by molar-refractivity contribution is -0.384. The van der Waals surface area contributed by atoms with Crippen molar-refractivity contribution in [1.82, 2.24) is 0 Å². The Balaban J connectivity index is 2.35. The number of nitrogens with zero attached hydrogens (tertiary/aromatic N) is 1. The fourth-order valence-corrected chi connectivity index (χ4v) is 1.73. The molecular formula is C12H7ClF2N2O2. The SMILES string of the molecule is O=[N+]([O-])c1cc(Cl)cc(Nc2ccc(F)cc2F)c1. The highest BCUT2D eigenvalue weighted by Gasteiger charge is 2.10. The molecule has 0 bridgehead atoms. The van der Waals surface area contributed by atoms with Gasteiger partial charge in [0.05, 0.1) is 10.6 Å². The van der Waals surface area contributed by atoms with E-state index in [9.17, 15) is 18.9 Å². The Bertz CT molecular complexity index is 650. The third kappa shape index (κ3) is 3.17. The fourth-order valence-electron chi connectivity index (χ4n) is 1.50. The molecule has 0 aliphatic rings. The molecule has 2 aromatic carbocycles. The summed E-state index contributed by atoms with van der Waals surface area (Å²) in [6.45, 7) is 0. The Hall–Kier alpha value is -2.21. The summed E-state index contributed by atoms with van der Waals surface area (Å²) in [5, 5.41) is 13.4. The van der Waals surface area contributed by atoms with Gasteiger partial charge in [-0.05, 0) is 18.2 Å². The summed E-state index contributed by atoms with van der Waals surface area (Å²) in [4.78, 5) is 10.1. The predicted octanol–water partition coefficient (Wildman–Crippen LogP) is 4.27. The Labute approximate surface area is 111 Å². The Morgan fingerprint density at radius 1 is 1.16 bits per heavy atom. The Morgan fingerprint density at radius 2 is 1.89 bits per heavy atom. The van der Waals surface area contributed by atoms with Crippen LogP contribution in [0.4, 0.5) is 25.8 Å². The maximum atomic E-state index is 13.4. The average molecular weight is 285 g/mol. The van der Waals surface area contributed by atoms with Crippen LogP contribution in [-0.2, 0) is 0 Å². The van der Waals surface area contributed by atoms with Crippen LogP contribution in [-0.4, -0.2) is 4.92 Å². The molecule has 0 unspecified atom stereocenters. The standard InChI is InChI=1S/C12H7ClF2N2O2/c13-7-3-9(6-10(4-7)17(18)19)16-12-2-1-8(14)5-11(12)15/h1-6,16H. The van der Waals surface area contributed by atoms with Crippen LogP contribution in [0.2, 0.25) is 5.02 Å². The van der Waals surface area contributed by atoms with Crippen LogP contribution in [0.25, 0.3) is 0 Å². The van der Waals surface area contributed by atoms with Gasteiger partial charge >= 0.3 is 0 Å². The van der Waals surface area contributed by atoms with Crippen molar-refractivity contribution >= 4 is 28.7 Å². The van der Waals surface area contributed by atoms with Gasteiger partial charge in [0.2, 0.25) is 0 Å². The van der Waals surface area contributed by atoms with E-state index in [2.05, 4.69) is 5.32 Å². The van der Waals surface area contributed by atoms with Gasteiger partial charge < -0.3 is 5.32 Å². The highest BCUT2D eigenvalue weighted by atomic mass is 35.5. The number of nitrogens with one attached hydrogen (secondary N) is 1. The minimum atomic E-state index is -0.803. The summed E-state index contributed by atoms with van der Waals surface area (Å²) in [6.07, 6.45) is 0. The van der Waals surface area contributed by atoms with E-state index in [4.69, 9.17) is 11.6 Å². The number of non-ortho nitro benzene ring substituents is 1. The van der Waals surface area contributed by atoms with Crippen LogP contribution in [0.3, 0.4) is 0 Å². The first kappa shape index (κ1) is 13.2. The van der Waals surface area contributed by atoms with Crippen molar-refractivity contribution in [1.29, 1.82) is 0 Å². The van der Waals surface area contributed by atoms with Crippen molar-refractivity contribution in [2.75, 3.05) is 5.32 Å². The van der Waals surface area contributed by atoms with Gasteiger partial charge in [0.25, 0.3) is 5.69 Å². The second kappa shape index (κ2) is 5.19. The first-order valence-corrected chi connectivity index (χ1v) is 5.50. The number of hydrogen-bond donors (Lipinski definition) is 1. The number of halogens is 3. The summed E-state index contributed by atoms with van der Waals surface area (Å²) in [5.74, 6) is -1.51. The Kier molecular flexibility index (Phi) is 3.62. The zero-order valence-corrected chi connectivity index (χ0v) is 10.1. The molecular weight excluding hydrogens is 278 g/mol. The van der Waals surface area contributed by atoms with Crippen LogP contribution in [0.1, 0.15) is 0 Å². The summed E-state index contributed by atoms with van der Waals surface area (Å²) < 4.78 is 26.2. The molecule has 0 aliphatic heterocycles. The first-order valence-electron chi connectivity index (χ1n) is 5.13. The first-order chi connectivity index (χ1) is 8.95. The van der Waals surface area contributed by atoms with Crippen LogP contribution >= 0.6 is 11.6 Å². The highest BCUT2D eigenvalue weighted by molar-refractivity contribution is 6.31. The topological polar surface area (TPSA) is 55.2 Å². The van der Waals surface area contributed by atoms with Crippen LogP contribution in [0.5, 0.6) is 0 Å². The molecule has 0 amide bonds. The zero-order valence-electron chi connectivity index (χ0n) is 9.36. The lowest BCUT2D eigenvalue weighted by Crippen LogP contribution is -1.96. The van der Waals surface area contributed by atoms with Crippen molar-refractivity contribution in [2.24, 2.45) is 0 Å². The molecule has 0 aromatic heterocycles. The van der Waals surface area contributed by atoms with Crippen molar-refractivity contribution < 1.29 is 13.7 Å². The molecule has 98 valence electrons. The molecule has 7 heteroatoms. The summed E-state index contributed by atoms with van der Waals surface area (Å²) in [5.41, 5.74) is 0.0141. The second-order valence-electron chi connectivity index (χ2n) is 3.70. The highest BCUT2D eigenvalue weighted by Crippen LogP contribution is 2.27. The largest absolute Gasteiger partial charge is 0.353 e. The average Bonchev–Trinajstić information content (AvgIpc) is 2.32. The van der Waals surface area contributed by atoms with Gasteiger partial charge in [-0.1, -0.05) is 11.6 Å². The monoisotopic (exact) mass is 284 g/mol. The van der Waals surface area contributed by atoms with E-state index in [1.165, 1.54) is 24.3 Å². The van der Waals surface area contributed by atoms with Gasteiger partial charge in [-0.2, -0.15) is 0 Å². The van der Waals surface area contributed by atoms with E-state index in [1.54, 1.807) is 0 Å². The molecule has 0 spiro atoms. The number of benzene rings is 2. The molecule has 2 rings (SSSR count). The van der Waals surface area contributed by atoms with Gasteiger partial charge in [-0.3, -0.25) is 10.1 Å². The fraction of sp³-hybridized carbons (Fsp3) is 0. The van der Waals surface area contributed by atoms with Crippen molar-refractivity contribution in [2.45, 2.75) is 0 Å². The van der Waals surface area contributed by atoms with Crippen molar-refractivity contribution in [3.63, 3.8) is 0 Å². The van der Waals surface area contributed by atoms with Gasteiger partial charge in [0, 0.05) is 28.9 Å². The van der Waals surface area contributed by atoms with Gasteiger partial charge in [0.15, 0.2) is 0 Å². The third-order valence-corrected chi connectivity index (χ3v) is 2.52. The van der Waals surface area contributed by atoms with Crippen LogP contribution in [0, 0.1) is 21.7 Å². The lowest BCUT2D eigenvalue weighted by atomic mass is 10.2. The van der Waals surface area contributed by atoms with E-state index in [0.717, 1.165) is 6.07 Å². The molecule has 0 heterocycles. The molecule has 0 aliphatic carbocycles. The normalized spacial score (nSPS) is 10.3. The molecule has 2 aromatic rings. The van der Waals surface area contributed by atoms with E-state index in [-0.39, 0.29) is 22.1 Å². The molecule has 0 fully saturated rings. The third-order valence-electron chi connectivity index (χ3n) is 2.30. The number of nitro groups is 1.